The van der Waals surface area contributed by atoms with Crippen molar-refractivity contribution in [3.8, 4) is 11.3 Å². The van der Waals surface area contributed by atoms with Crippen LogP contribution in [0.2, 0.25) is 5.02 Å². The first-order chi connectivity index (χ1) is 18.5. The maximum absolute atomic E-state index is 13.2. The van der Waals surface area contributed by atoms with Gasteiger partial charge in [0.15, 0.2) is 0 Å². The fraction of sp³-hybridized carbons (Fsp3) is 0.269. The Morgan fingerprint density at radius 1 is 1.08 bits per heavy atom. The lowest BCUT2D eigenvalue weighted by molar-refractivity contribution is -0.141. The minimum absolute atomic E-state index is 0.0518. The van der Waals surface area contributed by atoms with Gasteiger partial charge in [-0.3, -0.25) is 14.4 Å². The Hall–Kier alpha value is -4.03. The maximum atomic E-state index is 13.2. The summed E-state index contributed by atoms with van der Waals surface area (Å²) >= 11 is 6.07. The largest absolute Gasteiger partial charge is 0.469 e. The van der Waals surface area contributed by atoms with Gasteiger partial charge in [-0.2, -0.15) is 13.2 Å². The normalized spacial score (nSPS) is 11.9. The van der Waals surface area contributed by atoms with E-state index in [9.17, 15) is 27.6 Å². The Morgan fingerprint density at radius 2 is 1.79 bits per heavy atom. The molecule has 0 bridgehead atoms. The van der Waals surface area contributed by atoms with Crippen LogP contribution in [0.15, 0.2) is 60.8 Å². The Kier molecular flexibility index (Phi) is 9.96. The number of alkyl halides is 3. The van der Waals surface area contributed by atoms with Crippen LogP contribution < -0.4 is 10.2 Å². The average molecular weight is 565 g/mol. The number of hydrogen-bond donors (Lipinski definition) is 1. The first kappa shape index (κ1) is 29.5. The molecular formula is C26H24ClF3N4O5. The number of aromatic nitrogens is 2. The maximum Gasteiger partial charge on any atom is 0.416 e. The zero-order valence-electron chi connectivity index (χ0n) is 20.9. The molecule has 0 aliphatic heterocycles. The lowest BCUT2D eigenvalue weighted by Crippen LogP contribution is -2.38. The fourth-order valence-electron chi connectivity index (χ4n) is 3.43. The van der Waals surface area contributed by atoms with Crippen molar-refractivity contribution in [2.24, 2.45) is 0 Å². The van der Waals surface area contributed by atoms with E-state index in [1.807, 2.05) is 0 Å². The van der Waals surface area contributed by atoms with Crippen molar-refractivity contribution in [2.75, 3.05) is 25.2 Å². The van der Waals surface area contributed by atoms with Crippen LogP contribution in [-0.2, 0) is 30.0 Å². The van der Waals surface area contributed by atoms with E-state index in [1.54, 1.807) is 37.3 Å². The predicted molar refractivity (Wildman–Crippen MR) is 136 cm³/mol. The summed E-state index contributed by atoms with van der Waals surface area (Å²) in [6, 6.07) is 11.7. The molecule has 39 heavy (non-hydrogen) atoms. The van der Waals surface area contributed by atoms with Crippen LogP contribution in [-0.4, -0.2) is 54.1 Å². The van der Waals surface area contributed by atoms with Gasteiger partial charge in [-0.25, -0.2) is 14.9 Å². The number of benzene rings is 2. The van der Waals surface area contributed by atoms with E-state index in [0.717, 1.165) is 29.2 Å². The monoisotopic (exact) mass is 564 g/mol. The van der Waals surface area contributed by atoms with Gasteiger partial charge in [-0.05, 0) is 49.4 Å². The zero-order chi connectivity index (χ0) is 28.6. The van der Waals surface area contributed by atoms with Crippen LogP contribution in [0, 0.1) is 0 Å². The Morgan fingerprint density at radius 3 is 2.44 bits per heavy atom. The Balaban J connectivity index is 1.81. The molecule has 1 N–H and O–H groups in total. The minimum Gasteiger partial charge on any atom is -0.469 e. The summed E-state index contributed by atoms with van der Waals surface area (Å²) in [6.45, 7) is 0.461. The summed E-state index contributed by atoms with van der Waals surface area (Å²) in [6.07, 6.45) is -3.24. The summed E-state index contributed by atoms with van der Waals surface area (Å²) < 4.78 is 49.1. The van der Waals surface area contributed by atoms with E-state index in [4.69, 9.17) is 16.3 Å². The molecule has 0 fully saturated rings. The van der Waals surface area contributed by atoms with E-state index in [-0.39, 0.29) is 18.1 Å². The van der Waals surface area contributed by atoms with Crippen LogP contribution in [0.3, 0.4) is 0 Å². The van der Waals surface area contributed by atoms with E-state index < -0.39 is 48.8 Å². The number of esters is 1. The summed E-state index contributed by atoms with van der Waals surface area (Å²) in [7, 11) is 1.22. The standard InChI is InChI=1S/C26H24ClF3N4O5/c1-16(12-24(37)38-2)32-22(35)14-39-15-23(36)34(20-8-6-18(7-9-20)26(28,29)30)25-31-11-10-21(33-25)17-4-3-5-19(27)13-17/h3-11,13,16H,12,14-15H2,1-2H3,(H,32,35)/t16-/m0/s1. The van der Waals surface area contributed by atoms with Gasteiger partial charge < -0.3 is 14.8 Å². The van der Waals surface area contributed by atoms with Gasteiger partial charge in [0.05, 0.1) is 30.5 Å². The van der Waals surface area contributed by atoms with Crippen molar-refractivity contribution in [1.82, 2.24) is 15.3 Å². The summed E-state index contributed by atoms with van der Waals surface area (Å²) in [5, 5.41) is 2.98. The van der Waals surface area contributed by atoms with Crippen LogP contribution in [0.1, 0.15) is 18.9 Å². The molecule has 13 heteroatoms. The highest BCUT2D eigenvalue weighted by molar-refractivity contribution is 6.30. The second-order valence-corrected chi connectivity index (χ2v) is 8.70. The van der Waals surface area contributed by atoms with Crippen molar-refractivity contribution in [1.29, 1.82) is 0 Å². The van der Waals surface area contributed by atoms with Gasteiger partial charge in [0.2, 0.25) is 11.9 Å². The van der Waals surface area contributed by atoms with Gasteiger partial charge in [0.1, 0.15) is 13.2 Å². The summed E-state index contributed by atoms with van der Waals surface area (Å²) in [5.41, 5.74) is 0.185. The molecule has 3 aromatic rings. The molecule has 1 heterocycles. The Labute approximate surface area is 226 Å². The molecule has 1 atom stereocenters. The molecule has 206 valence electrons. The average Bonchev–Trinajstić information content (AvgIpc) is 2.88. The lowest BCUT2D eigenvalue weighted by atomic mass is 10.1. The molecule has 1 aromatic heterocycles. The number of carbonyl (C=O) groups is 3. The van der Waals surface area contributed by atoms with Crippen LogP contribution >= 0.6 is 11.6 Å². The number of ether oxygens (including phenoxy) is 2. The van der Waals surface area contributed by atoms with Gasteiger partial charge in [-0.1, -0.05) is 23.7 Å². The van der Waals surface area contributed by atoms with Crippen molar-refractivity contribution < 1.29 is 37.0 Å². The Bertz CT molecular complexity index is 1320. The number of rotatable bonds is 10. The number of hydrogen-bond acceptors (Lipinski definition) is 7. The van der Waals surface area contributed by atoms with Gasteiger partial charge in [0, 0.05) is 22.8 Å². The summed E-state index contributed by atoms with van der Waals surface area (Å²) in [4.78, 5) is 46.2. The fourth-order valence-corrected chi connectivity index (χ4v) is 3.62. The molecule has 0 unspecified atom stereocenters. The number of carbonyl (C=O) groups excluding carboxylic acids is 3. The molecule has 9 nitrogen and oxygen atoms in total. The number of halogens is 4. The molecular weight excluding hydrogens is 541 g/mol. The molecule has 2 amide bonds. The smallest absolute Gasteiger partial charge is 0.416 e. The minimum atomic E-state index is -4.57. The van der Waals surface area contributed by atoms with Crippen LogP contribution in [0.5, 0.6) is 0 Å². The van der Waals surface area contributed by atoms with Crippen LogP contribution in [0.25, 0.3) is 11.3 Å². The lowest BCUT2D eigenvalue weighted by Gasteiger charge is -2.22. The van der Waals surface area contributed by atoms with Crippen molar-refractivity contribution in [2.45, 2.75) is 25.6 Å². The molecule has 0 spiro atoms. The topological polar surface area (TPSA) is 111 Å². The van der Waals surface area contributed by atoms with Gasteiger partial charge in [-0.15, -0.1) is 0 Å². The number of nitrogens with zero attached hydrogens (tertiary/aromatic N) is 3. The van der Waals surface area contributed by atoms with Gasteiger partial charge in [0.25, 0.3) is 5.91 Å². The molecule has 0 aliphatic carbocycles. The second kappa shape index (κ2) is 13.2. The van der Waals surface area contributed by atoms with Crippen LogP contribution in [0.4, 0.5) is 24.8 Å². The number of methoxy groups -OCH3 is 1. The summed E-state index contributed by atoms with van der Waals surface area (Å²) in [5.74, 6) is -1.96. The SMILES string of the molecule is COC(=O)C[C@H](C)NC(=O)COCC(=O)N(c1ccc(C(F)(F)F)cc1)c1nccc(-c2cccc(Cl)c2)n1. The third kappa shape index (κ3) is 8.48. The number of anilines is 2. The number of nitrogens with one attached hydrogen (secondary N) is 1. The highest BCUT2D eigenvalue weighted by atomic mass is 35.5. The zero-order valence-corrected chi connectivity index (χ0v) is 21.6. The third-order valence-corrected chi connectivity index (χ3v) is 5.47. The third-order valence-electron chi connectivity index (χ3n) is 5.23. The van der Waals surface area contributed by atoms with Crippen molar-refractivity contribution in [3.05, 3.63) is 71.4 Å². The van der Waals surface area contributed by atoms with E-state index in [0.29, 0.717) is 16.3 Å². The quantitative estimate of drug-likeness (QED) is 0.359. The van der Waals surface area contributed by atoms with E-state index in [1.165, 1.54) is 13.3 Å². The first-order valence-electron chi connectivity index (χ1n) is 11.5. The first-order valence-corrected chi connectivity index (χ1v) is 11.9. The van der Waals surface area contributed by atoms with E-state index >= 15 is 0 Å². The molecule has 0 saturated heterocycles. The molecule has 3 rings (SSSR count). The van der Waals surface area contributed by atoms with Gasteiger partial charge >= 0.3 is 12.1 Å². The molecule has 2 aromatic carbocycles. The second-order valence-electron chi connectivity index (χ2n) is 8.27. The van der Waals surface area contributed by atoms with Crippen molar-refractivity contribution >= 4 is 41.0 Å². The highest BCUT2D eigenvalue weighted by Gasteiger charge is 2.31. The number of amides is 2. The van der Waals surface area contributed by atoms with E-state index in [2.05, 4.69) is 20.0 Å². The predicted octanol–water partition coefficient (Wildman–Crippen LogP) is 4.56. The van der Waals surface area contributed by atoms with Crippen molar-refractivity contribution in [3.63, 3.8) is 0 Å². The highest BCUT2D eigenvalue weighted by Crippen LogP contribution is 2.32. The molecule has 0 radical (unpaired) electrons. The molecule has 0 saturated carbocycles. The molecule has 0 aliphatic rings.